The van der Waals surface area contributed by atoms with E-state index < -0.39 is 11.6 Å². The molecule has 148 valence electrons. The Labute approximate surface area is 160 Å². The van der Waals surface area contributed by atoms with E-state index in [4.69, 9.17) is 4.74 Å². The molecule has 27 heavy (non-hydrogen) atoms. The molecule has 1 heterocycles. The number of likely N-dealkylation sites (N-methyl/N-ethyl adjacent to an activating group) is 1. The summed E-state index contributed by atoms with van der Waals surface area (Å²) in [5.74, 6) is 0.191. The van der Waals surface area contributed by atoms with E-state index in [-0.39, 0.29) is 18.4 Å². The maximum absolute atomic E-state index is 12.8. The fourth-order valence-corrected chi connectivity index (χ4v) is 3.02. The monoisotopic (exact) mass is 375 g/mol. The Kier molecular flexibility index (Phi) is 6.82. The number of aryl methyl sites for hydroxylation is 1. The highest BCUT2D eigenvalue weighted by molar-refractivity contribution is 6.08. The molecule has 1 aliphatic rings. The van der Waals surface area contributed by atoms with Crippen molar-refractivity contribution in [2.45, 2.75) is 45.1 Å². The average Bonchev–Trinajstić information content (AvgIpc) is 2.88. The summed E-state index contributed by atoms with van der Waals surface area (Å²) in [6.07, 6.45) is 2.96. The van der Waals surface area contributed by atoms with Gasteiger partial charge in [-0.25, -0.2) is 4.79 Å². The van der Waals surface area contributed by atoms with Crippen LogP contribution in [0.1, 0.15) is 38.7 Å². The molecular formula is C20H29N3O4. The fraction of sp³-hybridized carbons (Fsp3) is 0.550. The van der Waals surface area contributed by atoms with Crippen molar-refractivity contribution in [2.75, 3.05) is 27.2 Å². The lowest BCUT2D eigenvalue weighted by Crippen LogP contribution is -2.45. The first-order valence-electron chi connectivity index (χ1n) is 9.31. The van der Waals surface area contributed by atoms with Gasteiger partial charge in [-0.2, -0.15) is 0 Å². The van der Waals surface area contributed by atoms with Gasteiger partial charge in [-0.05, 0) is 43.9 Å². The zero-order valence-electron chi connectivity index (χ0n) is 16.6. The first kappa shape index (κ1) is 20.7. The molecule has 1 N–H and O–H groups in total. The Balaban J connectivity index is 1.97. The van der Waals surface area contributed by atoms with Gasteiger partial charge in [0.2, 0.25) is 5.91 Å². The van der Waals surface area contributed by atoms with Gasteiger partial charge in [-0.3, -0.25) is 14.5 Å². The second kappa shape index (κ2) is 8.88. The molecule has 7 nitrogen and oxygen atoms in total. The molecule has 2 rings (SSSR count). The van der Waals surface area contributed by atoms with Gasteiger partial charge < -0.3 is 15.0 Å². The molecule has 0 spiro atoms. The summed E-state index contributed by atoms with van der Waals surface area (Å²) < 4.78 is 5.14. The largest absolute Gasteiger partial charge is 0.497 e. The maximum atomic E-state index is 12.8. The van der Waals surface area contributed by atoms with Crippen molar-refractivity contribution in [3.8, 4) is 5.75 Å². The van der Waals surface area contributed by atoms with Crippen LogP contribution in [0.3, 0.4) is 0 Å². The normalized spacial score (nSPS) is 19.2. The fourth-order valence-electron chi connectivity index (χ4n) is 3.02. The Bertz CT molecular complexity index is 689. The van der Waals surface area contributed by atoms with E-state index in [9.17, 15) is 14.4 Å². The maximum Gasteiger partial charge on any atom is 0.325 e. The molecule has 1 aliphatic heterocycles. The third kappa shape index (κ3) is 4.99. The first-order chi connectivity index (χ1) is 12.8. The standard InChI is InChI=1S/C20H29N3O4/c1-5-6-13-22(3)17(24)14-23-18(25)20(2,21-19(23)26)12-11-15-7-9-16(27-4)10-8-15/h7-10H,5-6,11-14H2,1-4H3,(H,21,26)/t20-/m0/s1. The molecule has 0 saturated carbocycles. The van der Waals surface area contributed by atoms with Crippen LogP contribution in [0.2, 0.25) is 0 Å². The van der Waals surface area contributed by atoms with Crippen LogP contribution in [0, 0.1) is 0 Å². The molecule has 0 aromatic heterocycles. The van der Waals surface area contributed by atoms with Crippen molar-refractivity contribution >= 4 is 17.8 Å². The molecule has 1 atom stereocenters. The molecule has 0 unspecified atom stereocenters. The van der Waals surface area contributed by atoms with Crippen molar-refractivity contribution in [1.82, 2.24) is 15.1 Å². The highest BCUT2D eigenvalue weighted by Gasteiger charge is 2.48. The van der Waals surface area contributed by atoms with Crippen LogP contribution in [0.4, 0.5) is 4.79 Å². The number of hydrogen-bond donors (Lipinski definition) is 1. The first-order valence-corrected chi connectivity index (χ1v) is 9.31. The van der Waals surface area contributed by atoms with E-state index >= 15 is 0 Å². The van der Waals surface area contributed by atoms with Gasteiger partial charge in [0.15, 0.2) is 0 Å². The average molecular weight is 375 g/mol. The molecule has 1 saturated heterocycles. The summed E-state index contributed by atoms with van der Waals surface area (Å²) in [6.45, 7) is 4.16. The van der Waals surface area contributed by atoms with Crippen LogP contribution < -0.4 is 10.1 Å². The van der Waals surface area contributed by atoms with Crippen molar-refractivity contribution in [2.24, 2.45) is 0 Å². The molecule has 0 aliphatic carbocycles. The van der Waals surface area contributed by atoms with Crippen molar-refractivity contribution < 1.29 is 19.1 Å². The quantitative estimate of drug-likeness (QED) is 0.671. The van der Waals surface area contributed by atoms with E-state index in [0.29, 0.717) is 19.4 Å². The van der Waals surface area contributed by atoms with Crippen LogP contribution in [0.5, 0.6) is 5.75 Å². The molecule has 0 bridgehead atoms. The molecule has 1 fully saturated rings. The molecule has 1 aromatic rings. The number of ether oxygens (including phenoxy) is 1. The van der Waals surface area contributed by atoms with Crippen LogP contribution in [-0.2, 0) is 16.0 Å². The lowest BCUT2D eigenvalue weighted by Gasteiger charge is -2.23. The number of methoxy groups -OCH3 is 1. The zero-order valence-corrected chi connectivity index (χ0v) is 16.6. The van der Waals surface area contributed by atoms with E-state index in [1.165, 1.54) is 0 Å². The number of hydrogen-bond acceptors (Lipinski definition) is 4. The van der Waals surface area contributed by atoms with E-state index in [1.807, 2.05) is 31.2 Å². The zero-order chi connectivity index (χ0) is 20.0. The van der Waals surface area contributed by atoms with E-state index in [1.54, 1.807) is 26.0 Å². The SMILES string of the molecule is CCCCN(C)C(=O)CN1C(=O)N[C@@](C)(CCc2ccc(OC)cc2)C1=O. The highest BCUT2D eigenvalue weighted by atomic mass is 16.5. The number of amides is 4. The van der Waals surface area contributed by atoms with Gasteiger partial charge in [-0.15, -0.1) is 0 Å². The predicted octanol–water partition coefficient (Wildman–Crippen LogP) is 2.20. The van der Waals surface area contributed by atoms with Crippen molar-refractivity contribution in [3.63, 3.8) is 0 Å². The summed E-state index contributed by atoms with van der Waals surface area (Å²) in [4.78, 5) is 39.9. The number of nitrogens with one attached hydrogen (secondary N) is 1. The van der Waals surface area contributed by atoms with E-state index in [0.717, 1.165) is 29.1 Å². The number of rotatable bonds is 9. The molecule has 7 heteroatoms. The number of carbonyl (C=O) groups excluding carboxylic acids is 3. The summed E-state index contributed by atoms with van der Waals surface area (Å²) in [5, 5.41) is 2.75. The van der Waals surface area contributed by atoms with Gasteiger partial charge >= 0.3 is 6.03 Å². The highest BCUT2D eigenvalue weighted by Crippen LogP contribution is 2.24. The van der Waals surface area contributed by atoms with Gasteiger partial charge in [0.05, 0.1) is 7.11 Å². The minimum Gasteiger partial charge on any atom is -0.497 e. The number of nitrogens with zero attached hydrogens (tertiary/aromatic N) is 2. The Morgan fingerprint density at radius 1 is 1.26 bits per heavy atom. The number of urea groups is 1. The lowest BCUT2D eigenvalue weighted by atomic mass is 9.93. The van der Waals surface area contributed by atoms with E-state index in [2.05, 4.69) is 5.32 Å². The number of benzene rings is 1. The summed E-state index contributed by atoms with van der Waals surface area (Å²) in [6, 6.07) is 7.10. The Morgan fingerprint density at radius 3 is 2.52 bits per heavy atom. The number of unbranched alkanes of at least 4 members (excludes halogenated alkanes) is 1. The van der Waals surface area contributed by atoms with Crippen LogP contribution in [0.25, 0.3) is 0 Å². The summed E-state index contributed by atoms with van der Waals surface area (Å²) in [7, 11) is 3.30. The van der Waals surface area contributed by atoms with Crippen LogP contribution >= 0.6 is 0 Å². The van der Waals surface area contributed by atoms with Crippen molar-refractivity contribution in [1.29, 1.82) is 0 Å². The van der Waals surface area contributed by atoms with Gasteiger partial charge in [-0.1, -0.05) is 25.5 Å². The minimum atomic E-state index is -1.00. The van der Waals surface area contributed by atoms with Crippen LogP contribution in [0.15, 0.2) is 24.3 Å². The molecular weight excluding hydrogens is 346 g/mol. The van der Waals surface area contributed by atoms with Crippen LogP contribution in [-0.4, -0.2) is 60.4 Å². The Morgan fingerprint density at radius 2 is 1.93 bits per heavy atom. The number of imide groups is 1. The molecule has 1 aromatic carbocycles. The second-order valence-electron chi connectivity index (χ2n) is 7.17. The van der Waals surface area contributed by atoms with Gasteiger partial charge in [0.1, 0.15) is 17.8 Å². The molecule has 0 radical (unpaired) electrons. The topological polar surface area (TPSA) is 79.0 Å². The summed E-state index contributed by atoms with van der Waals surface area (Å²) in [5.41, 5.74) is 0.0483. The third-order valence-corrected chi connectivity index (χ3v) is 4.98. The molecule has 4 amide bonds. The smallest absolute Gasteiger partial charge is 0.325 e. The van der Waals surface area contributed by atoms with Crippen molar-refractivity contribution in [3.05, 3.63) is 29.8 Å². The Hall–Kier alpha value is -2.57. The van der Waals surface area contributed by atoms with Gasteiger partial charge in [0.25, 0.3) is 5.91 Å². The minimum absolute atomic E-state index is 0.219. The third-order valence-electron chi connectivity index (χ3n) is 4.98. The summed E-state index contributed by atoms with van der Waals surface area (Å²) >= 11 is 0. The lowest BCUT2D eigenvalue weighted by molar-refractivity contribution is -0.138. The predicted molar refractivity (Wildman–Crippen MR) is 103 cm³/mol. The second-order valence-corrected chi connectivity index (χ2v) is 7.17. The van der Waals surface area contributed by atoms with Gasteiger partial charge in [0, 0.05) is 13.6 Å². The number of carbonyl (C=O) groups is 3.